The average molecular weight is 540 g/mol. The molecule has 0 spiro atoms. The van der Waals surface area contributed by atoms with Crippen LogP contribution in [0.4, 0.5) is 4.79 Å². The SMILES string of the molecule is O=C(NCCCC(=O)N1CCN(Cc2ccc(-c3noc(-c4ccccc4)n3)cc2)CC1)OCc1ccccc1. The normalized spacial score (nSPS) is 13.7. The minimum absolute atomic E-state index is 0.124. The van der Waals surface area contributed by atoms with Crippen LogP contribution in [0.15, 0.2) is 89.5 Å². The van der Waals surface area contributed by atoms with Crippen molar-refractivity contribution < 1.29 is 18.8 Å². The second-order valence-corrected chi connectivity index (χ2v) is 9.74. The summed E-state index contributed by atoms with van der Waals surface area (Å²) < 4.78 is 10.6. The van der Waals surface area contributed by atoms with Crippen molar-refractivity contribution >= 4 is 12.0 Å². The molecule has 1 aliphatic heterocycles. The summed E-state index contributed by atoms with van der Waals surface area (Å²) in [7, 11) is 0. The van der Waals surface area contributed by atoms with Crippen LogP contribution < -0.4 is 5.32 Å². The largest absolute Gasteiger partial charge is 0.445 e. The maximum atomic E-state index is 12.6. The molecule has 2 amide bonds. The summed E-state index contributed by atoms with van der Waals surface area (Å²) in [4.78, 5) is 33.3. The van der Waals surface area contributed by atoms with Crippen LogP contribution in [0.25, 0.3) is 22.8 Å². The zero-order chi connectivity index (χ0) is 27.6. The first kappa shape index (κ1) is 27.1. The molecule has 0 unspecified atom stereocenters. The predicted octanol–water partition coefficient (Wildman–Crippen LogP) is 4.75. The van der Waals surface area contributed by atoms with Gasteiger partial charge in [-0.15, -0.1) is 0 Å². The number of hydrogen-bond acceptors (Lipinski definition) is 7. The first-order chi connectivity index (χ1) is 19.6. The highest BCUT2D eigenvalue weighted by Crippen LogP contribution is 2.22. The maximum Gasteiger partial charge on any atom is 0.407 e. The van der Waals surface area contributed by atoms with Crippen LogP contribution in [0.1, 0.15) is 24.0 Å². The van der Waals surface area contributed by atoms with Crippen LogP contribution in [0.5, 0.6) is 0 Å². The minimum Gasteiger partial charge on any atom is -0.445 e. The van der Waals surface area contributed by atoms with Gasteiger partial charge >= 0.3 is 6.09 Å². The molecule has 1 aromatic heterocycles. The van der Waals surface area contributed by atoms with Gasteiger partial charge in [-0.25, -0.2) is 4.79 Å². The predicted molar refractivity (Wildman–Crippen MR) is 151 cm³/mol. The van der Waals surface area contributed by atoms with Crippen LogP contribution >= 0.6 is 0 Å². The Morgan fingerprint density at radius 2 is 1.52 bits per heavy atom. The lowest BCUT2D eigenvalue weighted by Crippen LogP contribution is -2.48. The number of nitrogens with one attached hydrogen (secondary N) is 1. The Bertz CT molecular complexity index is 1370. The molecule has 1 saturated heterocycles. The quantitative estimate of drug-likeness (QED) is 0.290. The number of amides is 2. The number of piperazine rings is 1. The molecule has 206 valence electrons. The van der Waals surface area contributed by atoms with Gasteiger partial charge in [-0.2, -0.15) is 4.98 Å². The second-order valence-electron chi connectivity index (χ2n) is 9.74. The van der Waals surface area contributed by atoms with E-state index in [1.165, 1.54) is 5.56 Å². The molecule has 4 aromatic rings. The van der Waals surface area contributed by atoms with Gasteiger partial charge in [0.05, 0.1) is 0 Å². The van der Waals surface area contributed by atoms with Gasteiger partial charge in [-0.05, 0) is 29.7 Å². The number of carbonyl (C=O) groups is 2. The van der Waals surface area contributed by atoms with E-state index >= 15 is 0 Å². The van der Waals surface area contributed by atoms with Crippen molar-refractivity contribution in [2.75, 3.05) is 32.7 Å². The number of alkyl carbamates (subject to hydrolysis) is 1. The fraction of sp³-hybridized carbons (Fsp3) is 0.290. The van der Waals surface area contributed by atoms with Crippen LogP contribution in [-0.2, 0) is 22.7 Å². The standard InChI is InChI=1S/C31H33N5O4/c37-28(12-7-17-32-31(38)39-23-25-8-3-1-4-9-25)36-20-18-35(19-21-36)22-24-13-15-26(16-14-24)29-33-30(40-34-29)27-10-5-2-6-11-27/h1-6,8-11,13-16H,7,12,17-23H2,(H,32,38). The molecule has 0 aliphatic carbocycles. The van der Waals surface area contributed by atoms with E-state index < -0.39 is 6.09 Å². The summed E-state index contributed by atoms with van der Waals surface area (Å²) >= 11 is 0. The summed E-state index contributed by atoms with van der Waals surface area (Å²) in [6.07, 6.45) is 0.522. The third kappa shape index (κ3) is 7.54. The lowest BCUT2D eigenvalue weighted by molar-refractivity contribution is -0.133. The van der Waals surface area contributed by atoms with Gasteiger partial charge < -0.3 is 19.5 Å². The van der Waals surface area contributed by atoms with Crippen LogP contribution in [0.3, 0.4) is 0 Å². The Morgan fingerprint density at radius 3 is 2.25 bits per heavy atom. The van der Waals surface area contributed by atoms with Crippen molar-refractivity contribution in [3.8, 4) is 22.8 Å². The van der Waals surface area contributed by atoms with Gasteiger partial charge in [0.1, 0.15) is 6.61 Å². The smallest absolute Gasteiger partial charge is 0.407 e. The fourth-order valence-electron chi connectivity index (χ4n) is 4.57. The number of benzene rings is 3. The molecule has 1 N–H and O–H groups in total. The number of ether oxygens (including phenoxy) is 1. The lowest BCUT2D eigenvalue weighted by Gasteiger charge is -2.34. The topological polar surface area (TPSA) is 101 Å². The molecule has 0 bridgehead atoms. The molecule has 40 heavy (non-hydrogen) atoms. The van der Waals surface area contributed by atoms with Crippen molar-refractivity contribution in [1.82, 2.24) is 25.3 Å². The van der Waals surface area contributed by atoms with Crippen molar-refractivity contribution in [3.05, 3.63) is 96.1 Å². The first-order valence-corrected chi connectivity index (χ1v) is 13.6. The Morgan fingerprint density at radius 1 is 0.825 bits per heavy atom. The summed E-state index contributed by atoms with van der Waals surface area (Å²) in [5.74, 6) is 1.19. The molecule has 9 heteroatoms. The van der Waals surface area contributed by atoms with E-state index in [4.69, 9.17) is 9.26 Å². The van der Waals surface area contributed by atoms with Gasteiger partial charge in [-0.1, -0.05) is 78.0 Å². The molecule has 0 radical (unpaired) electrons. The third-order valence-electron chi connectivity index (χ3n) is 6.84. The fourth-order valence-corrected chi connectivity index (χ4v) is 4.57. The second kappa shape index (κ2) is 13.5. The molecule has 0 saturated carbocycles. The number of aromatic nitrogens is 2. The van der Waals surface area contributed by atoms with Gasteiger partial charge in [0, 0.05) is 56.8 Å². The van der Waals surface area contributed by atoms with Crippen LogP contribution in [0, 0.1) is 0 Å². The van der Waals surface area contributed by atoms with E-state index in [-0.39, 0.29) is 12.5 Å². The average Bonchev–Trinajstić information content (AvgIpc) is 3.50. The monoisotopic (exact) mass is 539 g/mol. The van der Waals surface area contributed by atoms with E-state index in [1.807, 2.05) is 77.7 Å². The zero-order valence-electron chi connectivity index (χ0n) is 22.4. The Hall–Kier alpha value is -4.50. The highest BCUT2D eigenvalue weighted by atomic mass is 16.5. The lowest BCUT2D eigenvalue weighted by atomic mass is 10.1. The molecular formula is C31H33N5O4. The Kier molecular flexibility index (Phi) is 9.16. The Balaban J connectivity index is 0.990. The molecule has 5 rings (SSSR count). The number of hydrogen-bond donors (Lipinski definition) is 1. The summed E-state index contributed by atoms with van der Waals surface area (Å²) in [6, 6.07) is 27.4. The van der Waals surface area contributed by atoms with E-state index in [2.05, 4.69) is 32.5 Å². The number of nitrogens with zero attached hydrogens (tertiary/aromatic N) is 4. The van der Waals surface area contributed by atoms with E-state index in [9.17, 15) is 9.59 Å². The third-order valence-corrected chi connectivity index (χ3v) is 6.84. The molecule has 1 fully saturated rings. The van der Waals surface area contributed by atoms with Crippen LogP contribution in [0.2, 0.25) is 0 Å². The molecule has 2 heterocycles. The van der Waals surface area contributed by atoms with Crippen LogP contribution in [-0.4, -0.2) is 64.7 Å². The first-order valence-electron chi connectivity index (χ1n) is 13.6. The summed E-state index contributed by atoms with van der Waals surface area (Å²) in [5, 5.41) is 6.84. The summed E-state index contributed by atoms with van der Waals surface area (Å²) in [6.45, 7) is 4.51. The van der Waals surface area contributed by atoms with Gasteiger partial charge in [-0.3, -0.25) is 9.69 Å². The molecule has 1 aliphatic rings. The van der Waals surface area contributed by atoms with Gasteiger partial charge in [0.25, 0.3) is 5.89 Å². The molecular weight excluding hydrogens is 506 g/mol. The molecule has 3 aromatic carbocycles. The van der Waals surface area contributed by atoms with Crippen molar-refractivity contribution in [2.24, 2.45) is 0 Å². The number of rotatable bonds is 10. The van der Waals surface area contributed by atoms with Crippen molar-refractivity contribution in [3.63, 3.8) is 0 Å². The molecule has 9 nitrogen and oxygen atoms in total. The van der Waals surface area contributed by atoms with Crippen molar-refractivity contribution in [1.29, 1.82) is 0 Å². The van der Waals surface area contributed by atoms with E-state index in [0.717, 1.165) is 36.3 Å². The maximum absolute atomic E-state index is 12.6. The van der Waals surface area contributed by atoms with Crippen molar-refractivity contribution in [2.45, 2.75) is 26.0 Å². The number of carbonyl (C=O) groups excluding carboxylic acids is 2. The van der Waals surface area contributed by atoms with E-state index in [1.54, 1.807) is 0 Å². The summed E-state index contributed by atoms with van der Waals surface area (Å²) in [5.41, 5.74) is 3.93. The zero-order valence-corrected chi connectivity index (χ0v) is 22.4. The van der Waals surface area contributed by atoms with Gasteiger partial charge in [0.2, 0.25) is 11.7 Å². The minimum atomic E-state index is -0.466. The highest BCUT2D eigenvalue weighted by Gasteiger charge is 2.21. The van der Waals surface area contributed by atoms with E-state index in [0.29, 0.717) is 44.2 Å². The molecule has 0 atom stereocenters. The van der Waals surface area contributed by atoms with Gasteiger partial charge in [0.15, 0.2) is 0 Å². The Labute approximate surface area is 233 Å². The highest BCUT2D eigenvalue weighted by molar-refractivity contribution is 5.76.